The lowest BCUT2D eigenvalue weighted by molar-refractivity contribution is 0.153. The van der Waals surface area contributed by atoms with Gasteiger partial charge in [-0.15, -0.1) is 11.3 Å². The summed E-state index contributed by atoms with van der Waals surface area (Å²) in [4.78, 5) is 6.62. The molecule has 1 N–H and O–H groups in total. The van der Waals surface area contributed by atoms with Crippen molar-refractivity contribution in [2.45, 2.75) is 25.3 Å². The van der Waals surface area contributed by atoms with Gasteiger partial charge in [-0.25, -0.2) is 0 Å². The molecule has 0 radical (unpaired) electrons. The topological polar surface area (TPSA) is 18.5 Å². The first kappa shape index (κ1) is 13.6. The van der Waals surface area contributed by atoms with Crippen LogP contribution in [-0.2, 0) is 6.42 Å². The van der Waals surface area contributed by atoms with Crippen molar-refractivity contribution in [2.24, 2.45) is 0 Å². The van der Waals surface area contributed by atoms with Crippen molar-refractivity contribution >= 4 is 11.3 Å². The van der Waals surface area contributed by atoms with E-state index >= 15 is 0 Å². The summed E-state index contributed by atoms with van der Waals surface area (Å²) in [7, 11) is 2.22. The van der Waals surface area contributed by atoms with Gasteiger partial charge in [-0.1, -0.05) is 0 Å². The highest BCUT2D eigenvalue weighted by atomic mass is 32.1. The van der Waals surface area contributed by atoms with Crippen LogP contribution in [0.5, 0.6) is 0 Å². The minimum absolute atomic E-state index is 0.613. The number of hydrogen-bond acceptors (Lipinski definition) is 4. The van der Waals surface area contributed by atoms with Crippen molar-refractivity contribution in [1.82, 2.24) is 15.1 Å². The average Bonchev–Trinajstić information content (AvgIpc) is 2.90. The Morgan fingerprint density at radius 1 is 1.32 bits per heavy atom. The van der Waals surface area contributed by atoms with Crippen LogP contribution in [0, 0.1) is 0 Å². The van der Waals surface area contributed by atoms with Crippen molar-refractivity contribution in [3.63, 3.8) is 0 Å². The van der Waals surface area contributed by atoms with Crippen LogP contribution >= 0.6 is 11.3 Å². The second-order valence-corrected chi connectivity index (χ2v) is 6.84. The second-order valence-electron chi connectivity index (χ2n) is 5.84. The van der Waals surface area contributed by atoms with E-state index < -0.39 is 0 Å². The molecule has 1 unspecified atom stereocenters. The molecule has 2 heterocycles. The van der Waals surface area contributed by atoms with Gasteiger partial charge >= 0.3 is 0 Å². The maximum Gasteiger partial charge on any atom is 0.0331 e. The molecule has 0 aromatic carbocycles. The number of fused-ring (bicyclic) bond motifs is 1. The van der Waals surface area contributed by atoms with Crippen LogP contribution in [0.1, 0.15) is 29.3 Å². The maximum atomic E-state index is 3.77. The van der Waals surface area contributed by atoms with Gasteiger partial charge < -0.3 is 10.2 Å². The third-order valence-electron chi connectivity index (χ3n) is 4.47. The predicted octanol–water partition coefficient (Wildman–Crippen LogP) is 1.96. The molecule has 3 rings (SSSR count). The lowest BCUT2D eigenvalue weighted by atomic mass is 9.94. The van der Waals surface area contributed by atoms with E-state index in [1.54, 1.807) is 10.4 Å². The molecule has 1 aliphatic heterocycles. The Balaban J connectivity index is 1.44. The second kappa shape index (κ2) is 6.35. The van der Waals surface area contributed by atoms with Gasteiger partial charge in [0.05, 0.1) is 0 Å². The summed E-state index contributed by atoms with van der Waals surface area (Å²) in [5, 5.41) is 6.03. The summed E-state index contributed by atoms with van der Waals surface area (Å²) >= 11 is 1.93. The smallest absolute Gasteiger partial charge is 0.0331 e. The monoisotopic (exact) mass is 279 g/mol. The molecular weight excluding hydrogens is 254 g/mol. The summed E-state index contributed by atoms with van der Waals surface area (Å²) in [6, 6.07) is 2.94. The largest absolute Gasteiger partial charge is 0.309 e. The van der Waals surface area contributed by atoms with Crippen LogP contribution in [0.15, 0.2) is 11.4 Å². The van der Waals surface area contributed by atoms with E-state index in [2.05, 4.69) is 33.6 Å². The fourth-order valence-corrected chi connectivity index (χ4v) is 4.15. The molecule has 1 aromatic rings. The van der Waals surface area contributed by atoms with E-state index in [0.717, 1.165) is 6.54 Å². The highest BCUT2D eigenvalue weighted by Gasteiger charge is 2.21. The molecule has 1 fully saturated rings. The van der Waals surface area contributed by atoms with Crippen molar-refractivity contribution in [3.8, 4) is 0 Å². The first-order chi connectivity index (χ1) is 9.33. The predicted molar refractivity (Wildman–Crippen MR) is 81.9 cm³/mol. The summed E-state index contributed by atoms with van der Waals surface area (Å²) < 4.78 is 0. The molecular formula is C15H25N3S. The van der Waals surface area contributed by atoms with Gasteiger partial charge in [0.2, 0.25) is 0 Å². The molecule has 1 aromatic heterocycles. The van der Waals surface area contributed by atoms with E-state index in [9.17, 15) is 0 Å². The number of thiophene rings is 1. The first-order valence-corrected chi connectivity index (χ1v) is 8.41. The van der Waals surface area contributed by atoms with Crippen LogP contribution in [0.2, 0.25) is 0 Å². The summed E-state index contributed by atoms with van der Waals surface area (Å²) in [6.45, 7) is 7.22. The number of aryl methyl sites for hydroxylation is 1. The Kier molecular flexibility index (Phi) is 4.53. The lowest BCUT2D eigenvalue weighted by Gasteiger charge is -2.33. The van der Waals surface area contributed by atoms with Gasteiger partial charge in [-0.05, 0) is 43.3 Å². The van der Waals surface area contributed by atoms with Gasteiger partial charge in [0.25, 0.3) is 0 Å². The number of nitrogens with one attached hydrogen (secondary N) is 1. The van der Waals surface area contributed by atoms with E-state index in [1.807, 2.05) is 11.3 Å². The number of nitrogens with zero attached hydrogens (tertiary/aromatic N) is 2. The maximum absolute atomic E-state index is 3.77. The molecule has 2 aliphatic rings. The van der Waals surface area contributed by atoms with Crippen LogP contribution < -0.4 is 5.32 Å². The normalized spacial score (nSPS) is 25.4. The van der Waals surface area contributed by atoms with Gasteiger partial charge in [-0.2, -0.15) is 0 Å². The molecule has 1 saturated heterocycles. The van der Waals surface area contributed by atoms with Crippen LogP contribution in [0.3, 0.4) is 0 Å². The highest BCUT2D eigenvalue weighted by Crippen LogP contribution is 2.32. The molecule has 0 amide bonds. The Morgan fingerprint density at radius 2 is 2.16 bits per heavy atom. The van der Waals surface area contributed by atoms with E-state index in [4.69, 9.17) is 0 Å². The molecule has 0 bridgehead atoms. The molecule has 1 aliphatic carbocycles. The van der Waals surface area contributed by atoms with Gasteiger partial charge in [-0.3, -0.25) is 4.90 Å². The molecule has 3 nitrogen and oxygen atoms in total. The SMILES string of the molecule is CN1CCN(CCNC2CCCc3sccc32)CC1. The van der Waals surface area contributed by atoms with Crippen LogP contribution in [0.4, 0.5) is 0 Å². The zero-order valence-electron chi connectivity index (χ0n) is 11.9. The summed E-state index contributed by atoms with van der Waals surface area (Å²) in [6.07, 6.45) is 3.95. The number of hydrogen-bond donors (Lipinski definition) is 1. The quantitative estimate of drug-likeness (QED) is 0.909. The highest BCUT2D eigenvalue weighted by molar-refractivity contribution is 7.10. The zero-order valence-corrected chi connectivity index (χ0v) is 12.7. The molecule has 0 saturated carbocycles. The Labute approximate surface area is 120 Å². The number of rotatable bonds is 4. The van der Waals surface area contributed by atoms with Gasteiger partial charge in [0.1, 0.15) is 0 Å². The Morgan fingerprint density at radius 3 is 3.00 bits per heavy atom. The molecule has 0 spiro atoms. The standard InChI is InChI=1S/C15H25N3S/c1-17-8-10-18(11-9-17)7-6-16-14-3-2-4-15-13(14)5-12-19-15/h5,12,14,16H,2-4,6-11H2,1H3. The van der Waals surface area contributed by atoms with Crippen molar-refractivity contribution in [1.29, 1.82) is 0 Å². The fraction of sp³-hybridized carbons (Fsp3) is 0.733. The number of piperazine rings is 1. The summed E-state index contributed by atoms with van der Waals surface area (Å²) in [5.41, 5.74) is 1.58. The average molecular weight is 279 g/mol. The molecule has 4 heteroatoms. The Hall–Kier alpha value is -0.420. The number of likely N-dealkylation sites (N-methyl/N-ethyl adjacent to an activating group) is 1. The zero-order chi connectivity index (χ0) is 13.1. The Bertz CT molecular complexity index is 396. The molecule has 106 valence electrons. The minimum Gasteiger partial charge on any atom is -0.309 e. The van der Waals surface area contributed by atoms with Crippen molar-refractivity contribution < 1.29 is 0 Å². The van der Waals surface area contributed by atoms with Crippen molar-refractivity contribution in [2.75, 3.05) is 46.3 Å². The van der Waals surface area contributed by atoms with E-state index in [1.165, 1.54) is 52.0 Å². The first-order valence-electron chi connectivity index (χ1n) is 7.53. The van der Waals surface area contributed by atoms with Crippen LogP contribution in [0.25, 0.3) is 0 Å². The van der Waals surface area contributed by atoms with E-state index in [-0.39, 0.29) is 0 Å². The third-order valence-corrected chi connectivity index (χ3v) is 5.46. The minimum atomic E-state index is 0.613. The van der Waals surface area contributed by atoms with Gasteiger partial charge in [0.15, 0.2) is 0 Å². The van der Waals surface area contributed by atoms with Gasteiger partial charge in [0, 0.05) is 50.2 Å². The fourth-order valence-electron chi connectivity index (χ4n) is 3.17. The third kappa shape index (κ3) is 3.37. The lowest BCUT2D eigenvalue weighted by Crippen LogP contribution is -2.46. The molecule has 1 atom stereocenters. The molecule has 19 heavy (non-hydrogen) atoms. The summed E-state index contributed by atoms with van der Waals surface area (Å²) in [5.74, 6) is 0. The van der Waals surface area contributed by atoms with Crippen molar-refractivity contribution in [3.05, 3.63) is 21.9 Å². The van der Waals surface area contributed by atoms with E-state index in [0.29, 0.717) is 6.04 Å². The van der Waals surface area contributed by atoms with Crippen LogP contribution in [-0.4, -0.2) is 56.1 Å².